The largest absolute Gasteiger partial charge is 0.494 e. The molecule has 4 fully saturated rings. The maximum absolute atomic E-state index is 16.2. The number of hydrogen-bond donors (Lipinski definition) is 3. The van der Waals surface area contributed by atoms with E-state index < -0.39 is 35.1 Å². The minimum absolute atomic E-state index is 0.0102. The molecule has 0 radical (unpaired) electrons. The van der Waals surface area contributed by atoms with Gasteiger partial charge in [0, 0.05) is 112 Å². The van der Waals surface area contributed by atoms with E-state index in [2.05, 4.69) is 15.5 Å². The molecule has 4 aliphatic heterocycles. The Hall–Kier alpha value is -6.30. The van der Waals surface area contributed by atoms with Crippen molar-refractivity contribution in [3.05, 3.63) is 106 Å². The number of ether oxygens (including phenoxy) is 3. The maximum atomic E-state index is 16.2. The van der Waals surface area contributed by atoms with Gasteiger partial charge in [-0.05, 0) is 80.7 Å². The fraction of sp³-hybridized carbons (Fsp3) is 0.463. The number of nitrogens with one attached hydrogen (secondary N) is 2. The summed E-state index contributed by atoms with van der Waals surface area (Å²) < 4.78 is 49.9. The highest BCUT2D eigenvalue weighted by Crippen LogP contribution is 2.56. The van der Waals surface area contributed by atoms with Crippen LogP contribution in [-0.2, 0) is 20.0 Å². The first kappa shape index (κ1) is 50.6. The molecule has 6 amide bonds. The summed E-state index contributed by atoms with van der Waals surface area (Å²) in [6.45, 7) is 9.38. The minimum Gasteiger partial charge on any atom is -0.494 e. The Bertz CT molecular complexity index is 2720. The van der Waals surface area contributed by atoms with Crippen LogP contribution in [0.1, 0.15) is 84.8 Å². The summed E-state index contributed by atoms with van der Waals surface area (Å²) in [5.74, 6) is -2.44. The van der Waals surface area contributed by atoms with Gasteiger partial charge in [-0.25, -0.2) is 13.6 Å². The molecule has 5 aliphatic rings. The number of carbonyl (C=O) groups excluding carboxylic acids is 5. The molecule has 72 heavy (non-hydrogen) atoms. The van der Waals surface area contributed by atoms with Gasteiger partial charge in [0.15, 0.2) is 23.8 Å². The average Bonchev–Trinajstić information content (AvgIpc) is 3.67. The number of aryl methyl sites for hydroxylation is 1. The van der Waals surface area contributed by atoms with Crippen LogP contribution in [0.3, 0.4) is 0 Å². The molecular formula is C54H62ClF2N7O8. The van der Waals surface area contributed by atoms with Crippen LogP contribution in [-0.4, -0.2) is 123 Å². The van der Waals surface area contributed by atoms with Crippen molar-refractivity contribution in [1.82, 2.24) is 25.3 Å². The minimum atomic E-state index is -1.08. The highest BCUT2D eigenvalue weighted by atomic mass is 35.5. The Morgan fingerprint density at radius 2 is 1.61 bits per heavy atom. The zero-order chi connectivity index (χ0) is 50.8. The van der Waals surface area contributed by atoms with E-state index in [-0.39, 0.29) is 82.5 Å². The van der Waals surface area contributed by atoms with Gasteiger partial charge < -0.3 is 35.1 Å². The maximum Gasteiger partial charge on any atom is 0.328 e. The van der Waals surface area contributed by atoms with Gasteiger partial charge in [0.2, 0.25) is 17.7 Å². The van der Waals surface area contributed by atoms with Crippen LogP contribution >= 0.6 is 11.6 Å². The fourth-order valence-corrected chi connectivity index (χ4v) is 11.6. The Kier molecular flexibility index (Phi) is 15.1. The van der Waals surface area contributed by atoms with Crippen molar-refractivity contribution >= 4 is 46.9 Å². The molecule has 4 aromatic carbocycles. The summed E-state index contributed by atoms with van der Waals surface area (Å²) in [7, 11) is 1.30. The number of halogens is 3. The number of piperazine rings is 1. The van der Waals surface area contributed by atoms with E-state index >= 15 is 8.78 Å². The molecule has 0 aromatic heterocycles. The summed E-state index contributed by atoms with van der Waals surface area (Å²) in [5.41, 5.74) is 6.98. The number of fused-ring (bicyclic) bond motifs is 1. The zero-order valence-corrected chi connectivity index (χ0v) is 41.7. The number of nitrogens with two attached hydrogens (primary N) is 1. The summed E-state index contributed by atoms with van der Waals surface area (Å²) in [6.07, 6.45) is 5.10. The van der Waals surface area contributed by atoms with Gasteiger partial charge >= 0.3 is 6.03 Å². The first-order valence-corrected chi connectivity index (χ1v) is 25.3. The zero-order valence-electron chi connectivity index (χ0n) is 40.9. The number of rotatable bonds is 14. The second kappa shape index (κ2) is 21.4. The van der Waals surface area contributed by atoms with Crippen LogP contribution in [0.15, 0.2) is 66.7 Å². The van der Waals surface area contributed by atoms with E-state index in [9.17, 15) is 24.0 Å². The number of amides is 6. The van der Waals surface area contributed by atoms with Gasteiger partial charge in [0.25, 0.3) is 5.91 Å². The van der Waals surface area contributed by atoms with E-state index in [1.807, 2.05) is 60.0 Å². The van der Waals surface area contributed by atoms with Crippen LogP contribution in [0, 0.1) is 30.4 Å². The summed E-state index contributed by atoms with van der Waals surface area (Å²) >= 11 is 6.70. The molecule has 1 saturated carbocycles. The second-order valence-corrected chi connectivity index (χ2v) is 20.2. The molecule has 4 aromatic rings. The third kappa shape index (κ3) is 10.2. The molecule has 3 saturated heterocycles. The number of primary amides is 1. The lowest BCUT2D eigenvalue weighted by molar-refractivity contribution is -0.138. The van der Waals surface area contributed by atoms with E-state index in [0.717, 1.165) is 82.4 Å². The van der Waals surface area contributed by atoms with Gasteiger partial charge in [-0.2, -0.15) is 0 Å². The van der Waals surface area contributed by atoms with E-state index in [4.69, 9.17) is 31.5 Å². The van der Waals surface area contributed by atoms with Gasteiger partial charge in [0.1, 0.15) is 17.3 Å². The Morgan fingerprint density at radius 3 is 2.29 bits per heavy atom. The lowest BCUT2D eigenvalue weighted by Gasteiger charge is -2.40. The number of hydrogen-bond acceptors (Lipinski definition) is 10. The Labute approximate surface area is 423 Å². The smallest absolute Gasteiger partial charge is 0.328 e. The number of imide groups is 1. The molecular weight excluding hydrogens is 948 g/mol. The summed E-state index contributed by atoms with van der Waals surface area (Å²) in [6, 6.07) is 18.4. The van der Waals surface area contributed by atoms with Crippen molar-refractivity contribution < 1.29 is 47.0 Å². The number of anilines is 1. The van der Waals surface area contributed by atoms with Crippen molar-refractivity contribution in [2.75, 3.05) is 77.5 Å². The summed E-state index contributed by atoms with van der Waals surface area (Å²) in [4.78, 5) is 71.6. The molecule has 9 rings (SSSR count). The average molecular weight is 1010 g/mol. The van der Waals surface area contributed by atoms with Crippen molar-refractivity contribution in [3.63, 3.8) is 0 Å². The standard InChI is InChI=1S/C54H62ClF2N7O8/c1-32-9-14-38(27-41(32)64-22-19-44(65)60-53(64)69)71-30-45(66)62-25-23-61(24-26-62)29-34-17-20-63(21-18-34)52(68)35-10-12-37(13-11-35)59-31-54(36-7-5-4-6-8-36)33(2)46-43(72-54)28-40(56)49(55)48(46)47-39(51(58)67)15-16-42(70-3)50(47)57/h4-9,14-16,27-28,33-35,37,59H,10-13,17-26,29-31H2,1-3H3,(H2,58,67)(H,60,65,69)/t33-,35?,37?,54-/m0/s1. The predicted octanol–water partition coefficient (Wildman–Crippen LogP) is 7.15. The van der Waals surface area contributed by atoms with E-state index in [0.29, 0.717) is 42.6 Å². The Morgan fingerprint density at radius 1 is 0.889 bits per heavy atom. The molecule has 4 heterocycles. The number of methoxy groups -OCH3 is 1. The second-order valence-electron chi connectivity index (χ2n) is 19.8. The van der Waals surface area contributed by atoms with Crippen LogP contribution in [0.2, 0.25) is 5.02 Å². The number of carbonyl (C=O) groups is 5. The lowest BCUT2D eigenvalue weighted by atomic mass is 9.77. The predicted molar refractivity (Wildman–Crippen MR) is 267 cm³/mol. The first-order valence-electron chi connectivity index (χ1n) is 25.0. The molecule has 2 atom stereocenters. The molecule has 1 aliphatic carbocycles. The number of likely N-dealkylation sites (tertiary alicyclic amines) is 1. The van der Waals surface area contributed by atoms with Crippen molar-refractivity contribution in [1.29, 1.82) is 0 Å². The highest BCUT2D eigenvalue weighted by Gasteiger charge is 2.50. The monoisotopic (exact) mass is 1010 g/mol. The molecule has 0 spiro atoms. The highest BCUT2D eigenvalue weighted by molar-refractivity contribution is 6.34. The topological polar surface area (TPSA) is 176 Å². The SMILES string of the molecule is COc1ccc(C(N)=O)c(-c2c(Cl)c(F)cc3c2[C@H](C)[C@@](CNC2CCC(C(=O)N4CCC(CN5CCN(C(=O)COc6ccc(C)c(N7CCC(=O)NC7=O)c6)CC5)CC4)CC2)(c2ccccc2)O3)c1F. The number of urea groups is 1. The quantitative estimate of drug-likeness (QED) is 0.118. The molecule has 18 heteroatoms. The molecule has 0 bridgehead atoms. The molecule has 0 unspecified atom stereocenters. The third-order valence-corrected chi connectivity index (χ3v) is 15.9. The van der Waals surface area contributed by atoms with Crippen LogP contribution in [0.25, 0.3) is 11.1 Å². The van der Waals surface area contributed by atoms with Gasteiger partial charge in [-0.3, -0.25) is 34.3 Å². The lowest BCUT2D eigenvalue weighted by Crippen LogP contribution is -2.52. The number of benzene rings is 4. The van der Waals surface area contributed by atoms with Crippen molar-refractivity contribution in [2.24, 2.45) is 17.6 Å². The third-order valence-electron chi connectivity index (χ3n) is 15.5. The van der Waals surface area contributed by atoms with Crippen LogP contribution in [0.4, 0.5) is 19.3 Å². The normalized spacial score (nSPS) is 22.8. The molecule has 4 N–H and O–H groups in total. The number of nitrogens with zero attached hydrogens (tertiary/aromatic N) is 4. The van der Waals surface area contributed by atoms with Crippen molar-refractivity contribution in [3.8, 4) is 28.4 Å². The van der Waals surface area contributed by atoms with Gasteiger partial charge in [-0.1, -0.05) is 54.9 Å². The van der Waals surface area contributed by atoms with Gasteiger partial charge in [-0.15, -0.1) is 0 Å². The van der Waals surface area contributed by atoms with Crippen molar-refractivity contribution in [2.45, 2.75) is 76.4 Å². The van der Waals surface area contributed by atoms with E-state index in [1.165, 1.54) is 30.2 Å². The molecule has 15 nitrogen and oxygen atoms in total. The first-order chi connectivity index (χ1) is 34.6. The molecule has 382 valence electrons. The van der Waals surface area contributed by atoms with E-state index in [1.54, 1.807) is 12.1 Å². The van der Waals surface area contributed by atoms with Crippen LogP contribution < -0.4 is 35.5 Å². The fourth-order valence-electron chi connectivity index (χ4n) is 11.4. The Balaban J connectivity index is 0.749. The number of piperidine rings is 1. The van der Waals surface area contributed by atoms with Crippen LogP contribution in [0.5, 0.6) is 17.2 Å². The summed E-state index contributed by atoms with van der Waals surface area (Å²) in [5, 5.41) is 5.72. The van der Waals surface area contributed by atoms with Gasteiger partial charge in [0.05, 0.1) is 23.4 Å².